The second-order valence-electron chi connectivity index (χ2n) is 1.31. The van der Waals surface area contributed by atoms with Gasteiger partial charge in [0.15, 0.2) is 0 Å². The number of hydrazine groups is 1. The molecule has 0 atom stereocenters. The molecule has 0 bridgehead atoms. The Kier molecular flexibility index (Phi) is 13.3. The molecule has 0 fully saturated rings. The van der Waals surface area contributed by atoms with E-state index in [0.29, 0.717) is 0 Å². The van der Waals surface area contributed by atoms with Gasteiger partial charge in [-0.1, -0.05) is 13.3 Å². The maximum absolute atomic E-state index is 4.96. The normalized spacial score (nSPS) is 7.71. The van der Waals surface area contributed by atoms with Crippen LogP contribution in [0.2, 0.25) is 0 Å². The molecule has 3 nitrogen and oxygen atoms in total. The molecule has 0 heterocycles. The Morgan fingerprint density at radius 1 is 1.57 bits per heavy atom. The van der Waals surface area contributed by atoms with Crippen LogP contribution in [0.5, 0.6) is 0 Å². The smallest absolute Gasteiger partial charge is 0.00973 e. The van der Waals surface area contributed by atoms with Crippen LogP contribution in [0.15, 0.2) is 0 Å². The zero-order valence-corrected chi connectivity index (χ0v) is 4.70. The van der Waals surface area contributed by atoms with E-state index in [9.17, 15) is 0 Å². The monoisotopic (exact) mass is 106 g/mol. The van der Waals surface area contributed by atoms with Gasteiger partial charge >= 0.3 is 0 Å². The number of rotatable bonds is 3. The Balaban J connectivity index is 0. The number of nitrogens with one attached hydrogen (secondary N) is 1. The molecule has 0 aromatic carbocycles. The molecule has 0 rings (SSSR count). The van der Waals surface area contributed by atoms with Crippen LogP contribution in [-0.4, -0.2) is 12.0 Å². The molecule has 0 saturated carbocycles. The molecule has 7 heavy (non-hydrogen) atoms. The van der Waals surface area contributed by atoms with Gasteiger partial charge in [-0.2, -0.15) is 0 Å². The van der Waals surface area contributed by atoms with E-state index in [1.54, 1.807) is 0 Å². The van der Waals surface area contributed by atoms with Crippen LogP contribution in [0, 0.1) is 0 Å². The largest absolute Gasteiger partial charge is 0.412 e. The van der Waals surface area contributed by atoms with Crippen molar-refractivity contribution in [2.75, 3.05) is 6.54 Å². The Morgan fingerprint density at radius 2 is 2.14 bits per heavy atom. The summed E-state index contributed by atoms with van der Waals surface area (Å²) < 4.78 is 0. The zero-order valence-electron chi connectivity index (χ0n) is 4.70. The first kappa shape index (κ1) is 9.99. The molecule has 0 spiro atoms. The molecule has 0 aromatic rings. The first-order valence-electron chi connectivity index (χ1n) is 2.35. The summed E-state index contributed by atoms with van der Waals surface area (Å²) in [6, 6.07) is 0. The lowest BCUT2D eigenvalue weighted by atomic mass is 10.3. The lowest BCUT2D eigenvalue weighted by molar-refractivity contribution is 0.669. The summed E-state index contributed by atoms with van der Waals surface area (Å²) in [4.78, 5) is 0. The molecule has 0 aromatic heterocycles. The van der Waals surface area contributed by atoms with Crippen LogP contribution < -0.4 is 11.3 Å². The van der Waals surface area contributed by atoms with Gasteiger partial charge in [0, 0.05) is 6.54 Å². The maximum atomic E-state index is 4.96. The van der Waals surface area contributed by atoms with Crippen LogP contribution >= 0.6 is 0 Å². The lowest BCUT2D eigenvalue weighted by Crippen LogP contribution is -2.22. The van der Waals surface area contributed by atoms with Crippen molar-refractivity contribution in [3.8, 4) is 0 Å². The SMILES string of the molecule is CCCCNN.O. The van der Waals surface area contributed by atoms with Gasteiger partial charge < -0.3 is 5.48 Å². The minimum atomic E-state index is 0. The highest BCUT2D eigenvalue weighted by molar-refractivity contribution is 4.33. The Morgan fingerprint density at radius 3 is 2.29 bits per heavy atom. The third-order valence-corrected chi connectivity index (χ3v) is 0.675. The van der Waals surface area contributed by atoms with Crippen LogP contribution in [0.3, 0.4) is 0 Å². The predicted molar refractivity (Wildman–Crippen MR) is 30.7 cm³/mol. The summed E-state index contributed by atoms with van der Waals surface area (Å²) in [5, 5.41) is 0. The van der Waals surface area contributed by atoms with Crippen molar-refractivity contribution in [1.82, 2.24) is 5.43 Å². The topological polar surface area (TPSA) is 69.5 Å². The number of nitrogens with two attached hydrogens (primary N) is 1. The molecular weight excluding hydrogens is 92.1 g/mol. The van der Waals surface area contributed by atoms with Gasteiger partial charge in [0.2, 0.25) is 0 Å². The van der Waals surface area contributed by atoms with Crippen LogP contribution in [0.4, 0.5) is 0 Å². The summed E-state index contributed by atoms with van der Waals surface area (Å²) in [7, 11) is 0. The number of hydrogen-bond donors (Lipinski definition) is 2. The van der Waals surface area contributed by atoms with E-state index in [4.69, 9.17) is 5.84 Å². The molecule has 46 valence electrons. The van der Waals surface area contributed by atoms with Gasteiger partial charge in [0.25, 0.3) is 0 Å². The highest BCUT2D eigenvalue weighted by Crippen LogP contribution is 1.78. The quantitative estimate of drug-likeness (QED) is 0.287. The Labute approximate surface area is 44.2 Å². The van der Waals surface area contributed by atoms with E-state index >= 15 is 0 Å². The van der Waals surface area contributed by atoms with Gasteiger partial charge in [0.05, 0.1) is 0 Å². The molecule has 0 unspecified atom stereocenters. The van der Waals surface area contributed by atoms with E-state index in [0.717, 1.165) is 6.54 Å². The van der Waals surface area contributed by atoms with Crippen molar-refractivity contribution in [1.29, 1.82) is 0 Å². The number of unbranched alkanes of at least 4 members (excludes halogenated alkanes) is 1. The molecule has 0 saturated heterocycles. The summed E-state index contributed by atoms with van der Waals surface area (Å²) in [6.07, 6.45) is 2.39. The van der Waals surface area contributed by atoms with Crippen molar-refractivity contribution in [2.45, 2.75) is 19.8 Å². The lowest BCUT2D eigenvalue weighted by Gasteiger charge is -1.89. The summed E-state index contributed by atoms with van der Waals surface area (Å²) >= 11 is 0. The molecule has 5 N–H and O–H groups in total. The standard InChI is InChI=1S/C4H12N2.H2O/c1-2-3-4-6-5;/h6H,2-5H2,1H3;1H2. The fourth-order valence-corrected chi connectivity index (χ4v) is 0.279. The summed E-state index contributed by atoms with van der Waals surface area (Å²) in [6.45, 7) is 3.08. The highest BCUT2D eigenvalue weighted by Gasteiger charge is 1.73. The fourth-order valence-electron chi connectivity index (χ4n) is 0.279. The van der Waals surface area contributed by atoms with Crippen molar-refractivity contribution in [3.63, 3.8) is 0 Å². The fraction of sp³-hybridized carbons (Fsp3) is 1.00. The van der Waals surface area contributed by atoms with Gasteiger partial charge in [-0.05, 0) is 6.42 Å². The van der Waals surface area contributed by atoms with Crippen molar-refractivity contribution in [3.05, 3.63) is 0 Å². The average Bonchev–Trinajstić information content (AvgIpc) is 1.61. The van der Waals surface area contributed by atoms with Crippen molar-refractivity contribution in [2.24, 2.45) is 5.84 Å². The van der Waals surface area contributed by atoms with E-state index < -0.39 is 0 Å². The predicted octanol–water partition coefficient (Wildman–Crippen LogP) is -0.575. The summed E-state index contributed by atoms with van der Waals surface area (Å²) in [5.74, 6) is 4.96. The van der Waals surface area contributed by atoms with Crippen LogP contribution in [0.25, 0.3) is 0 Å². The zero-order chi connectivity index (χ0) is 4.83. The van der Waals surface area contributed by atoms with Gasteiger partial charge in [0.1, 0.15) is 0 Å². The van der Waals surface area contributed by atoms with Crippen molar-refractivity contribution >= 4 is 0 Å². The van der Waals surface area contributed by atoms with E-state index in [-0.39, 0.29) is 5.48 Å². The minimum absolute atomic E-state index is 0. The van der Waals surface area contributed by atoms with Crippen LogP contribution in [-0.2, 0) is 0 Å². The highest BCUT2D eigenvalue weighted by atomic mass is 16.0. The summed E-state index contributed by atoms with van der Waals surface area (Å²) in [5.41, 5.74) is 2.57. The first-order chi connectivity index (χ1) is 2.91. The molecular formula is C4H14N2O. The second-order valence-corrected chi connectivity index (χ2v) is 1.31. The van der Waals surface area contributed by atoms with Gasteiger partial charge in [-0.3, -0.25) is 11.3 Å². The molecule has 0 aliphatic heterocycles. The Hall–Kier alpha value is -0.120. The van der Waals surface area contributed by atoms with Crippen LogP contribution in [0.1, 0.15) is 19.8 Å². The van der Waals surface area contributed by atoms with Gasteiger partial charge in [-0.25, -0.2) is 0 Å². The third-order valence-electron chi connectivity index (χ3n) is 0.675. The van der Waals surface area contributed by atoms with E-state index in [1.807, 2.05) is 0 Å². The molecule has 0 radical (unpaired) electrons. The van der Waals surface area contributed by atoms with Crippen molar-refractivity contribution < 1.29 is 5.48 Å². The first-order valence-corrected chi connectivity index (χ1v) is 2.35. The molecule has 0 aliphatic rings. The van der Waals surface area contributed by atoms with E-state index in [1.165, 1.54) is 12.8 Å². The van der Waals surface area contributed by atoms with Gasteiger partial charge in [-0.15, -0.1) is 0 Å². The second kappa shape index (κ2) is 9.30. The maximum Gasteiger partial charge on any atom is 0.00973 e. The van der Waals surface area contributed by atoms with E-state index in [2.05, 4.69) is 12.3 Å². The minimum Gasteiger partial charge on any atom is -0.412 e. The Bertz CT molecular complexity index is 21.7. The molecule has 0 aliphatic carbocycles. The third kappa shape index (κ3) is 10.7. The number of hydrogen-bond acceptors (Lipinski definition) is 2. The molecule has 3 heteroatoms. The average molecular weight is 106 g/mol. The molecule has 0 amide bonds.